The number of esters is 1. The van der Waals surface area contributed by atoms with Crippen molar-refractivity contribution >= 4 is 57.1 Å². The lowest BCUT2D eigenvalue weighted by atomic mass is 10.00. The van der Waals surface area contributed by atoms with Crippen LogP contribution in [0, 0.1) is 0 Å². The zero-order valence-corrected chi connectivity index (χ0v) is 25.0. The first kappa shape index (κ1) is 33.2. The Hall–Kier alpha value is -0.0500. The van der Waals surface area contributed by atoms with Crippen LogP contribution < -0.4 is 5.32 Å². The third-order valence-electron chi connectivity index (χ3n) is 5.96. The van der Waals surface area contributed by atoms with Gasteiger partial charge >= 0.3 is 18.1 Å². The molecule has 0 aliphatic carbocycles. The van der Waals surface area contributed by atoms with E-state index in [1.165, 1.54) is 6.92 Å². The average Bonchev–Trinajstić information content (AvgIpc) is 2.81. The van der Waals surface area contributed by atoms with Crippen LogP contribution in [0.4, 0.5) is 13.2 Å². The molecule has 10 atom stereocenters. The number of nitrogens with one attached hydrogen (secondary N) is 1. The van der Waals surface area contributed by atoms with Crippen molar-refractivity contribution in [3.8, 4) is 0 Å². The molecule has 2 rings (SSSR count). The van der Waals surface area contributed by atoms with Gasteiger partial charge in [-0.05, 0) is 26.7 Å². The van der Waals surface area contributed by atoms with Gasteiger partial charge in [0, 0.05) is 20.1 Å². The topological polar surface area (TPSA) is 133 Å². The lowest BCUT2D eigenvalue weighted by molar-refractivity contribution is -0.305. The molecular weight excluding hydrogens is 733 g/mol. The Morgan fingerprint density at radius 1 is 0.919 bits per heavy atom. The van der Waals surface area contributed by atoms with Crippen molar-refractivity contribution in [1.29, 1.82) is 0 Å². The van der Waals surface area contributed by atoms with E-state index in [4.69, 9.17) is 23.7 Å². The molecule has 0 unspecified atom stereocenters. The summed E-state index contributed by atoms with van der Waals surface area (Å²) in [7, 11) is 0. The average molecular weight is 767 g/mol. The van der Waals surface area contributed by atoms with E-state index in [2.05, 4.69) is 22.6 Å². The molecule has 2 aliphatic rings. The zero-order chi connectivity index (χ0) is 27.9. The Kier molecular flexibility index (Phi) is 13.5. The minimum absolute atomic E-state index is 0.0543. The first-order valence-corrected chi connectivity index (χ1v) is 14.5. The number of hydrogen-bond donors (Lipinski definition) is 3. The molecule has 2 heterocycles. The van der Waals surface area contributed by atoms with Gasteiger partial charge in [-0.1, -0.05) is 58.0 Å². The predicted molar refractivity (Wildman–Crippen MR) is 140 cm³/mol. The largest absolute Gasteiger partial charge is 0.471 e. The number of aliphatic hydroxyl groups excluding tert-OH is 2. The maximum Gasteiger partial charge on any atom is 0.471 e. The molecule has 0 bridgehead atoms. The van der Waals surface area contributed by atoms with Crippen LogP contribution in [-0.2, 0) is 33.3 Å². The van der Waals surface area contributed by atoms with Crippen molar-refractivity contribution in [2.45, 2.75) is 110 Å². The van der Waals surface area contributed by atoms with Crippen LogP contribution >= 0.6 is 45.2 Å². The minimum Gasteiger partial charge on any atom is -0.458 e. The Morgan fingerprint density at radius 3 is 2.16 bits per heavy atom. The van der Waals surface area contributed by atoms with Crippen molar-refractivity contribution in [3.05, 3.63) is 0 Å². The molecule has 3 N–H and O–H groups in total. The zero-order valence-electron chi connectivity index (χ0n) is 20.7. The Morgan fingerprint density at radius 2 is 1.54 bits per heavy atom. The number of rotatable bonds is 11. The van der Waals surface area contributed by atoms with Gasteiger partial charge < -0.3 is 39.2 Å². The second kappa shape index (κ2) is 15.1. The molecule has 2 fully saturated rings. The Bertz CT molecular complexity index is 751. The fourth-order valence-electron chi connectivity index (χ4n) is 3.95. The summed E-state index contributed by atoms with van der Waals surface area (Å²) in [6, 6.07) is 0. The van der Waals surface area contributed by atoms with Gasteiger partial charge in [0.1, 0.15) is 22.2 Å². The summed E-state index contributed by atoms with van der Waals surface area (Å²) in [5.74, 6) is -2.45. The summed E-state index contributed by atoms with van der Waals surface area (Å²) in [4.78, 5) is 22.6. The maximum atomic E-state index is 12.2. The molecular formula is C22H34F3I2NO9. The molecule has 216 valence electrons. The Labute approximate surface area is 240 Å². The van der Waals surface area contributed by atoms with Crippen LogP contribution in [0.3, 0.4) is 0 Å². The molecule has 0 aromatic carbocycles. The van der Waals surface area contributed by atoms with E-state index in [0.29, 0.717) is 32.3 Å². The summed E-state index contributed by atoms with van der Waals surface area (Å²) in [6.07, 6.45) is -8.95. The van der Waals surface area contributed by atoms with Gasteiger partial charge in [0.05, 0.1) is 22.2 Å². The van der Waals surface area contributed by atoms with Gasteiger partial charge in [-0.15, -0.1) is 0 Å². The van der Waals surface area contributed by atoms with E-state index in [9.17, 15) is 33.0 Å². The smallest absolute Gasteiger partial charge is 0.458 e. The van der Waals surface area contributed by atoms with Gasteiger partial charge in [-0.3, -0.25) is 9.59 Å². The summed E-state index contributed by atoms with van der Waals surface area (Å²) in [5, 5.41) is 22.2. The van der Waals surface area contributed by atoms with Crippen LogP contribution in [0.5, 0.6) is 0 Å². The highest BCUT2D eigenvalue weighted by molar-refractivity contribution is 14.1. The van der Waals surface area contributed by atoms with E-state index in [0.717, 1.165) is 0 Å². The first-order valence-electron chi connectivity index (χ1n) is 12.0. The third kappa shape index (κ3) is 9.82. The molecule has 37 heavy (non-hydrogen) atoms. The van der Waals surface area contributed by atoms with E-state index in [1.807, 2.05) is 27.9 Å². The molecule has 2 aliphatic heterocycles. The minimum atomic E-state index is -4.88. The number of hydrogen-bond acceptors (Lipinski definition) is 9. The normalized spacial score (nSPS) is 36.7. The lowest BCUT2D eigenvalue weighted by Crippen LogP contribution is -2.61. The highest BCUT2D eigenvalue weighted by Crippen LogP contribution is 2.35. The number of carbonyl (C=O) groups excluding carboxylic acids is 2. The summed E-state index contributed by atoms with van der Waals surface area (Å²) >= 11 is 4.02. The van der Waals surface area contributed by atoms with Gasteiger partial charge in [0.2, 0.25) is 0 Å². The van der Waals surface area contributed by atoms with Crippen molar-refractivity contribution < 1.29 is 56.7 Å². The number of alkyl halides is 5. The number of halogens is 5. The van der Waals surface area contributed by atoms with Crippen molar-refractivity contribution in [2.24, 2.45) is 0 Å². The van der Waals surface area contributed by atoms with E-state index >= 15 is 0 Å². The van der Waals surface area contributed by atoms with E-state index in [-0.39, 0.29) is 6.54 Å². The number of unbranched alkanes of at least 4 members (excludes halogenated alkanes) is 3. The number of amides is 1. The summed E-state index contributed by atoms with van der Waals surface area (Å²) in [5.41, 5.74) is 0. The van der Waals surface area contributed by atoms with Crippen LogP contribution in [0.1, 0.15) is 46.5 Å². The first-order chi connectivity index (χ1) is 17.2. The van der Waals surface area contributed by atoms with Crippen LogP contribution in [0.15, 0.2) is 0 Å². The number of aliphatic hydroxyl groups is 2. The van der Waals surface area contributed by atoms with Crippen LogP contribution in [-0.4, -0.2) is 98.5 Å². The SMILES string of the molecule is CC(=O)O[C@H]1[C@@H](I)[C@H](OCCCCCCNC(=O)C(F)(F)F)O[C@@H](C)[C@@H]1O[C@@H]1O[C@@H](C)[C@H](O)[C@@H](O)[C@H]1I. The van der Waals surface area contributed by atoms with E-state index < -0.39 is 75.1 Å². The van der Waals surface area contributed by atoms with E-state index in [1.54, 1.807) is 13.8 Å². The second-order valence-corrected chi connectivity index (χ2v) is 11.9. The monoisotopic (exact) mass is 767 g/mol. The number of ether oxygens (including phenoxy) is 5. The highest BCUT2D eigenvalue weighted by Gasteiger charge is 2.50. The fourth-order valence-corrected chi connectivity index (χ4v) is 5.65. The summed E-state index contributed by atoms with van der Waals surface area (Å²) in [6.45, 7) is 4.91. The molecule has 0 aromatic heterocycles. The predicted octanol–water partition coefficient (Wildman–Crippen LogP) is 2.38. The van der Waals surface area contributed by atoms with Gasteiger partial charge in [-0.25, -0.2) is 0 Å². The Balaban J connectivity index is 1.84. The third-order valence-corrected chi connectivity index (χ3v) is 8.58. The number of carbonyl (C=O) groups is 2. The van der Waals surface area contributed by atoms with Crippen molar-refractivity contribution in [3.63, 3.8) is 0 Å². The van der Waals surface area contributed by atoms with Gasteiger partial charge in [0.25, 0.3) is 0 Å². The molecule has 0 aromatic rings. The molecule has 0 radical (unpaired) electrons. The fraction of sp³-hybridized carbons (Fsp3) is 0.909. The standard InChI is InChI=1S/C22H34F3I2NO9/c1-10-15(30)16(31)13(26)20(34-10)37-17-11(2)35-19(14(27)18(17)36-12(3)29)33-9-7-5-4-6-8-28-21(32)22(23,24)25/h10-11,13-20,30-31H,4-9H2,1-3H3,(H,28,32)/t10-,11-,13+,14+,15-,16-,17-,18-,19+,20-/m0/s1. The molecule has 0 spiro atoms. The van der Waals surface area contributed by atoms with Crippen LogP contribution in [0.2, 0.25) is 0 Å². The van der Waals surface area contributed by atoms with Crippen LogP contribution in [0.25, 0.3) is 0 Å². The highest BCUT2D eigenvalue weighted by atomic mass is 127. The van der Waals surface area contributed by atoms with Gasteiger partial charge in [0.15, 0.2) is 12.6 Å². The molecule has 15 heteroatoms. The van der Waals surface area contributed by atoms with Gasteiger partial charge in [-0.2, -0.15) is 13.2 Å². The lowest BCUT2D eigenvalue weighted by Gasteiger charge is -2.46. The summed E-state index contributed by atoms with van der Waals surface area (Å²) < 4.78 is 64.8. The molecule has 1 amide bonds. The van der Waals surface area contributed by atoms with Crippen molar-refractivity contribution in [2.75, 3.05) is 13.2 Å². The quantitative estimate of drug-likeness (QED) is 0.126. The maximum absolute atomic E-state index is 12.2. The second-order valence-electron chi connectivity index (χ2n) is 9.00. The molecule has 2 saturated heterocycles. The molecule has 10 nitrogen and oxygen atoms in total. The van der Waals surface area contributed by atoms with Crippen molar-refractivity contribution in [1.82, 2.24) is 5.32 Å². The molecule has 0 saturated carbocycles.